The highest BCUT2D eigenvalue weighted by Gasteiger charge is 2.12. The van der Waals surface area contributed by atoms with Crippen molar-refractivity contribution in [3.8, 4) is 5.95 Å². The summed E-state index contributed by atoms with van der Waals surface area (Å²) in [5, 5.41) is 0. The highest BCUT2D eigenvalue weighted by Crippen LogP contribution is 2.14. The van der Waals surface area contributed by atoms with Crippen molar-refractivity contribution in [1.29, 1.82) is 0 Å². The number of aromatic nitrogens is 3. The van der Waals surface area contributed by atoms with Gasteiger partial charge in [-0.15, -0.1) is 0 Å². The molecule has 4 heteroatoms. The molecular weight excluding hydrogens is 320 g/mol. The summed E-state index contributed by atoms with van der Waals surface area (Å²) < 4.78 is 1.99. The number of hydrogen-bond acceptors (Lipinski definition) is 2. The largest absolute Gasteiger partial charge is 0.401 e. The van der Waals surface area contributed by atoms with Crippen molar-refractivity contribution in [3.05, 3.63) is 84.2 Å². The van der Waals surface area contributed by atoms with E-state index in [0.717, 1.165) is 22.5 Å². The van der Waals surface area contributed by atoms with Crippen LogP contribution in [0.2, 0.25) is 0 Å². The van der Waals surface area contributed by atoms with Crippen molar-refractivity contribution in [1.82, 2.24) is 9.97 Å². The number of benzene rings is 2. The summed E-state index contributed by atoms with van der Waals surface area (Å²) in [5.41, 5.74) is 5.55. The van der Waals surface area contributed by atoms with Gasteiger partial charge >= 0.3 is 5.95 Å². The molecule has 0 atom stereocenters. The van der Waals surface area contributed by atoms with E-state index < -0.39 is 0 Å². The van der Waals surface area contributed by atoms with Crippen molar-refractivity contribution >= 4 is 28.9 Å². The number of imidazole rings is 1. The lowest BCUT2D eigenvalue weighted by Crippen LogP contribution is -2.30. The highest BCUT2D eigenvalue weighted by atomic mass is 15.1. The van der Waals surface area contributed by atoms with E-state index in [2.05, 4.69) is 63.4 Å². The zero-order valence-electron chi connectivity index (χ0n) is 14.9. The summed E-state index contributed by atoms with van der Waals surface area (Å²) in [4.78, 5) is 10.0. The maximum atomic E-state index is 4.61. The standard InChI is InChI=1S/C22H21N4/c1-25(2)19-11-9-17(10-12-19)7-8-18-13-15-26(16-14-18)22-23-20-5-3-4-6-21(20)24-22/h3-16H,1-2H3,(H,23,24)/q+1. The Morgan fingerprint density at radius 2 is 1.50 bits per heavy atom. The van der Waals surface area contributed by atoms with Gasteiger partial charge in [0.15, 0.2) is 5.52 Å². The number of aromatic amines is 1. The van der Waals surface area contributed by atoms with E-state index in [9.17, 15) is 0 Å². The average molecular weight is 341 g/mol. The molecule has 0 fully saturated rings. The molecule has 2 aromatic carbocycles. The van der Waals surface area contributed by atoms with E-state index in [1.807, 2.05) is 55.3 Å². The quantitative estimate of drug-likeness (QED) is 0.568. The minimum atomic E-state index is 0.820. The van der Waals surface area contributed by atoms with Gasteiger partial charge in [0, 0.05) is 19.8 Å². The van der Waals surface area contributed by atoms with Crippen LogP contribution >= 0.6 is 0 Å². The van der Waals surface area contributed by atoms with Gasteiger partial charge in [0.1, 0.15) is 5.52 Å². The molecule has 0 saturated heterocycles. The molecule has 2 aromatic heterocycles. The lowest BCUT2D eigenvalue weighted by Gasteiger charge is -2.11. The highest BCUT2D eigenvalue weighted by molar-refractivity contribution is 5.75. The van der Waals surface area contributed by atoms with Crippen LogP contribution in [0.4, 0.5) is 5.69 Å². The van der Waals surface area contributed by atoms with E-state index >= 15 is 0 Å². The van der Waals surface area contributed by atoms with E-state index in [-0.39, 0.29) is 0 Å². The molecule has 0 amide bonds. The molecule has 4 nitrogen and oxygen atoms in total. The Kier molecular flexibility index (Phi) is 4.23. The first kappa shape index (κ1) is 16.1. The molecule has 26 heavy (non-hydrogen) atoms. The van der Waals surface area contributed by atoms with E-state index in [1.165, 1.54) is 11.3 Å². The molecule has 0 aliphatic rings. The molecule has 0 radical (unpaired) electrons. The number of fused-ring (bicyclic) bond motifs is 1. The lowest BCUT2D eigenvalue weighted by molar-refractivity contribution is -0.603. The summed E-state index contributed by atoms with van der Waals surface area (Å²) in [6.45, 7) is 0. The number of anilines is 1. The molecule has 2 heterocycles. The SMILES string of the molecule is CN(C)c1ccc(/C=C/c2cc[n+](-c3nc4ccccc4[nH]3)cc2)cc1. The van der Waals surface area contributed by atoms with Gasteiger partial charge in [0.05, 0.1) is 12.4 Å². The predicted octanol–water partition coefficient (Wildman–Crippen LogP) is 4.08. The Labute approximate surface area is 153 Å². The fourth-order valence-corrected chi connectivity index (χ4v) is 2.83. The van der Waals surface area contributed by atoms with Crippen LogP contribution < -0.4 is 9.47 Å². The number of pyridine rings is 1. The van der Waals surface area contributed by atoms with Crippen LogP contribution in [-0.4, -0.2) is 24.1 Å². The Hall–Kier alpha value is -3.40. The molecule has 0 unspecified atom stereocenters. The van der Waals surface area contributed by atoms with Crippen molar-refractivity contribution < 1.29 is 4.57 Å². The zero-order chi connectivity index (χ0) is 17.9. The second-order valence-electron chi connectivity index (χ2n) is 6.44. The number of para-hydroxylation sites is 2. The predicted molar refractivity (Wildman–Crippen MR) is 107 cm³/mol. The smallest absolute Gasteiger partial charge is 0.378 e. The van der Waals surface area contributed by atoms with Gasteiger partial charge in [-0.25, -0.2) is 9.55 Å². The van der Waals surface area contributed by atoms with Gasteiger partial charge < -0.3 is 4.90 Å². The molecule has 4 rings (SSSR count). The Balaban J connectivity index is 1.52. The first-order valence-corrected chi connectivity index (χ1v) is 8.61. The number of rotatable bonds is 4. The van der Waals surface area contributed by atoms with Gasteiger partial charge in [-0.05, 0) is 47.5 Å². The molecule has 0 bridgehead atoms. The fourth-order valence-electron chi connectivity index (χ4n) is 2.83. The lowest BCUT2D eigenvalue weighted by atomic mass is 10.1. The van der Waals surface area contributed by atoms with Crippen molar-refractivity contribution in [2.75, 3.05) is 19.0 Å². The Morgan fingerprint density at radius 1 is 0.846 bits per heavy atom. The monoisotopic (exact) mass is 341 g/mol. The number of H-pyrrole nitrogens is 1. The molecule has 0 saturated carbocycles. The molecular formula is C22H21N4+. The van der Waals surface area contributed by atoms with Crippen LogP contribution in [0.3, 0.4) is 0 Å². The number of nitrogens with zero attached hydrogens (tertiary/aromatic N) is 3. The number of hydrogen-bond donors (Lipinski definition) is 1. The maximum absolute atomic E-state index is 4.61. The Bertz CT molecular complexity index is 1010. The first-order valence-electron chi connectivity index (χ1n) is 8.61. The summed E-state index contributed by atoms with van der Waals surface area (Å²) in [5.74, 6) is 0.820. The number of nitrogens with one attached hydrogen (secondary N) is 1. The fraction of sp³-hybridized carbons (Fsp3) is 0.0909. The van der Waals surface area contributed by atoms with Gasteiger partial charge in [-0.3, -0.25) is 0 Å². The minimum Gasteiger partial charge on any atom is -0.378 e. The van der Waals surface area contributed by atoms with Gasteiger partial charge in [0.25, 0.3) is 0 Å². The van der Waals surface area contributed by atoms with Gasteiger partial charge in [-0.1, -0.05) is 41.4 Å². The summed E-state index contributed by atoms with van der Waals surface area (Å²) >= 11 is 0. The van der Waals surface area contributed by atoms with Gasteiger partial charge in [0.2, 0.25) is 0 Å². The van der Waals surface area contributed by atoms with Gasteiger partial charge in [-0.2, -0.15) is 0 Å². The molecule has 4 aromatic rings. The molecule has 0 aliphatic heterocycles. The normalized spacial score (nSPS) is 11.3. The van der Waals surface area contributed by atoms with E-state index in [4.69, 9.17) is 0 Å². The first-order chi connectivity index (χ1) is 12.7. The van der Waals surface area contributed by atoms with Crippen LogP contribution in [0, 0.1) is 0 Å². The van der Waals surface area contributed by atoms with Crippen LogP contribution in [0.25, 0.3) is 29.1 Å². The van der Waals surface area contributed by atoms with Crippen molar-refractivity contribution in [2.24, 2.45) is 0 Å². The maximum Gasteiger partial charge on any atom is 0.401 e. The van der Waals surface area contributed by atoms with Crippen LogP contribution in [-0.2, 0) is 0 Å². The topological polar surface area (TPSA) is 35.8 Å². The van der Waals surface area contributed by atoms with Crippen LogP contribution in [0.5, 0.6) is 0 Å². The summed E-state index contributed by atoms with van der Waals surface area (Å²) in [6, 6.07) is 20.7. The van der Waals surface area contributed by atoms with E-state index in [0.29, 0.717) is 0 Å². The average Bonchev–Trinajstić information content (AvgIpc) is 3.11. The second-order valence-corrected chi connectivity index (χ2v) is 6.44. The third-order valence-electron chi connectivity index (χ3n) is 4.35. The van der Waals surface area contributed by atoms with E-state index in [1.54, 1.807) is 0 Å². The molecule has 1 N–H and O–H groups in total. The van der Waals surface area contributed by atoms with Crippen molar-refractivity contribution in [3.63, 3.8) is 0 Å². The van der Waals surface area contributed by atoms with Crippen molar-refractivity contribution in [2.45, 2.75) is 0 Å². The summed E-state index contributed by atoms with van der Waals surface area (Å²) in [6.07, 6.45) is 8.28. The third-order valence-corrected chi connectivity index (χ3v) is 4.35. The molecule has 128 valence electrons. The van der Waals surface area contributed by atoms with Crippen LogP contribution in [0.1, 0.15) is 11.1 Å². The Morgan fingerprint density at radius 3 is 2.15 bits per heavy atom. The second kappa shape index (κ2) is 6.84. The minimum absolute atomic E-state index is 0.820. The molecule has 0 spiro atoms. The zero-order valence-corrected chi connectivity index (χ0v) is 14.9. The van der Waals surface area contributed by atoms with Crippen LogP contribution in [0.15, 0.2) is 73.1 Å². The third kappa shape index (κ3) is 3.35. The summed E-state index contributed by atoms with van der Waals surface area (Å²) in [7, 11) is 4.10. The molecule has 0 aliphatic carbocycles.